The molecule has 0 aromatic heterocycles. The molecule has 4 N–H and O–H groups in total. The maximum absolute atomic E-state index is 14.5. The number of allylic oxidation sites excluding steroid dienone is 2. The smallest absolute Gasteiger partial charge is 0.427 e. The normalized spacial score (nSPS) is 15.6. The number of aliphatic hydroxyl groups excluding tert-OH is 1. The van der Waals surface area contributed by atoms with Crippen molar-refractivity contribution in [2.75, 3.05) is 28.9 Å². The molecule has 1 aliphatic carbocycles. The summed E-state index contributed by atoms with van der Waals surface area (Å²) < 4.78 is 12.0. The van der Waals surface area contributed by atoms with Crippen LogP contribution in [0.15, 0.2) is 133 Å². The van der Waals surface area contributed by atoms with Gasteiger partial charge in [-0.3, -0.25) is 4.79 Å². The highest BCUT2D eigenvalue weighted by Crippen LogP contribution is 2.45. The summed E-state index contributed by atoms with van der Waals surface area (Å²) in [6.07, 6.45) is 7.31. The number of ketones is 1. The third kappa shape index (κ3) is 6.76. The maximum atomic E-state index is 14.5. The van der Waals surface area contributed by atoms with Crippen molar-refractivity contribution in [1.29, 1.82) is 0 Å². The zero-order chi connectivity index (χ0) is 39.8. The number of hydrogen-bond acceptors (Lipinski definition) is 8. The van der Waals surface area contributed by atoms with Crippen LogP contribution in [0.25, 0.3) is 32.7 Å². The Morgan fingerprint density at radius 2 is 1.47 bits per heavy atom. The molecule has 0 saturated carbocycles. The highest BCUT2D eigenvalue weighted by Gasteiger charge is 2.39. The van der Waals surface area contributed by atoms with Crippen molar-refractivity contribution < 1.29 is 19.4 Å². The third-order valence-electron chi connectivity index (χ3n) is 11.7. The molecule has 0 saturated heterocycles. The van der Waals surface area contributed by atoms with E-state index in [9.17, 15) is 9.90 Å². The lowest BCUT2D eigenvalue weighted by atomic mass is 9.65. The number of anilines is 3. The lowest BCUT2D eigenvalue weighted by Gasteiger charge is -2.31. The number of ether oxygens (including phenoxy) is 2. The molecule has 2 aliphatic heterocycles. The minimum atomic E-state index is -0.403. The minimum absolute atomic E-state index is 0.0276. The molecule has 58 heavy (non-hydrogen) atoms. The molecule has 3 aliphatic rings. The summed E-state index contributed by atoms with van der Waals surface area (Å²) in [6.45, 7) is 8.83. The van der Waals surface area contributed by atoms with Gasteiger partial charge in [0.25, 0.3) is 0 Å². The molecule has 6 aromatic carbocycles. The fourth-order valence-electron chi connectivity index (χ4n) is 8.42. The van der Waals surface area contributed by atoms with E-state index in [-0.39, 0.29) is 24.1 Å². The zero-order valence-corrected chi connectivity index (χ0v) is 33.0. The number of rotatable bonds is 14. The van der Waals surface area contributed by atoms with E-state index in [0.717, 1.165) is 73.9 Å². The summed E-state index contributed by atoms with van der Waals surface area (Å²) in [5.74, 6) is 1.94. The number of carbonyl (C=O) groups is 1. The standard InChI is InChI=1S/C48H46B2N4O4/c1-4-7-11-30(6-3)29-58-36-24-20-34(21-25-36)50-52-40-15-10-13-32-17-27-38(46(54-50)42(32)40)44-47(55)43(48(44)56)37-26-16-31-12-9-14-39-41(31)45(37)53-49(51-39)33-18-22-35(23-19-33)57-28-8-5-2/h5,9-10,12-27,30,51-52,54-55H,2,4,6-8,11,28-29H2,1,3H3/b43-37+. The number of carbonyl (C=O) groups excluding carboxylic acids is 1. The van der Waals surface area contributed by atoms with Gasteiger partial charge in [-0.25, -0.2) is 0 Å². The van der Waals surface area contributed by atoms with Gasteiger partial charge in [-0.15, -0.1) is 6.58 Å². The van der Waals surface area contributed by atoms with Gasteiger partial charge in [0.15, 0.2) is 0 Å². The highest BCUT2D eigenvalue weighted by atomic mass is 16.5. The first-order valence-electron chi connectivity index (χ1n) is 20.5. The fourth-order valence-corrected chi connectivity index (χ4v) is 8.42. The molecule has 1 atom stereocenters. The monoisotopic (exact) mass is 764 g/mol. The molecule has 9 rings (SSSR count). The van der Waals surface area contributed by atoms with Crippen LogP contribution in [0.1, 0.15) is 51.5 Å². The van der Waals surface area contributed by atoms with Crippen LogP contribution in [0.5, 0.6) is 11.5 Å². The van der Waals surface area contributed by atoms with Crippen LogP contribution in [-0.2, 0) is 4.79 Å². The van der Waals surface area contributed by atoms with Crippen molar-refractivity contribution >= 4 is 80.4 Å². The van der Waals surface area contributed by atoms with E-state index in [1.165, 1.54) is 19.3 Å². The first-order chi connectivity index (χ1) is 28.4. The van der Waals surface area contributed by atoms with Gasteiger partial charge in [-0.1, -0.05) is 112 Å². The molecular weight excluding hydrogens is 718 g/mol. The Kier molecular flexibility index (Phi) is 10.2. The Morgan fingerprint density at radius 3 is 2.17 bits per heavy atom. The second kappa shape index (κ2) is 15.9. The number of benzene rings is 6. The SMILES string of the molecule is C=CCCOc1ccc(B2N=c3/c(=C4/C(=O)C(c5ccc6cccc7c6c5NB(c5ccc(OCC(CC)CCCC)cc5)N7)=C4O)ccc4cccc(c34)N2)cc1. The summed E-state index contributed by atoms with van der Waals surface area (Å²) in [7, 11) is 0. The Bertz CT molecular complexity index is 2730. The fraction of sp³-hybridized carbons (Fsp3) is 0.208. The van der Waals surface area contributed by atoms with Gasteiger partial charge in [-0.05, 0) is 76.9 Å². The van der Waals surface area contributed by atoms with Gasteiger partial charge in [0.05, 0.1) is 29.7 Å². The van der Waals surface area contributed by atoms with Crippen molar-refractivity contribution in [2.24, 2.45) is 10.8 Å². The Morgan fingerprint density at radius 1 is 0.776 bits per heavy atom. The number of hydrogen-bond donors (Lipinski definition) is 4. The summed E-state index contributed by atoms with van der Waals surface area (Å²) in [4.78, 5) is 19.7. The van der Waals surface area contributed by atoms with E-state index < -0.39 is 6.98 Å². The second-order valence-corrected chi connectivity index (χ2v) is 15.4. The quantitative estimate of drug-likeness (QED) is 0.0508. The summed E-state index contributed by atoms with van der Waals surface area (Å²) in [5.41, 5.74) is 5.90. The lowest BCUT2D eigenvalue weighted by Crippen LogP contribution is -2.48. The molecule has 1 unspecified atom stereocenters. The van der Waals surface area contributed by atoms with E-state index in [1.807, 2.05) is 91.0 Å². The zero-order valence-electron chi connectivity index (χ0n) is 33.0. The van der Waals surface area contributed by atoms with Crippen LogP contribution < -0.4 is 46.7 Å². The number of Topliss-reactive ketones (excluding diaryl/α,β-unsaturated/α-hetero) is 1. The minimum Gasteiger partial charge on any atom is -0.506 e. The molecule has 0 spiro atoms. The molecule has 8 nitrogen and oxygen atoms in total. The van der Waals surface area contributed by atoms with Crippen LogP contribution in [0, 0.1) is 5.92 Å². The van der Waals surface area contributed by atoms with Crippen molar-refractivity contribution in [1.82, 2.24) is 0 Å². The molecule has 6 aromatic rings. The number of nitrogens with one attached hydrogen (secondary N) is 3. The van der Waals surface area contributed by atoms with Gasteiger partial charge in [-0.2, -0.15) is 0 Å². The molecule has 10 heteroatoms. The van der Waals surface area contributed by atoms with E-state index >= 15 is 0 Å². The number of aliphatic hydroxyl groups is 1. The van der Waals surface area contributed by atoms with Crippen LogP contribution in [0.3, 0.4) is 0 Å². The maximum Gasteiger partial charge on any atom is 0.427 e. The van der Waals surface area contributed by atoms with Crippen molar-refractivity contribution in [3.8, 4) is 11.5 Å². The van der Waals surface area contributed by atoms with Gasteiger partial charge in [0.2, 0.25) is 5.78 Å². The van der Waals surface area contributed by atoms with Gasteiger partial charge in [0.1, 0.15) is 17.3 Å². The van der Waals surface area contributed by atoms with E-state index in [4.69, 9.17) is 14.4 Å². The van der Waals surface area contributed by atoms with Gasteiger partial charge in [0, 0.05) is 38.6 Å². The van der Waals surface area contributed by atoms with Crippen molar-refractivity contribution in [3.63, 3.8) is 0 Å². The van der Waals surface area contributed by atoms with E-state index in [1.54, 1.807) is 0 Å². The molecule has 2 heterocycles. The average molecular weight is 765 g/mol. The predicted molar refractivity (Wildman–Crippen MR) is 240 cm³/mol. The van der Waals surface area contributed by atoms with Gasteiger partial charge >= 0.3 is 14.0 Å². The molecule has 0 amide bonds. The number of unbranched alkanes of at least 4 members (excludes halogenated alkanes) is 1. The molecule has 0 radical (unpaired) electrons. The highest BCUT2D eigenvalue weighted by molar-refractivity contribution is 6.80. The first kappa shape index (κ1) is 37.2. The first-order valence-corrected chi connectivity index (χ1v) is 20.5. The summed E-state index contributed by atoms with van der Waals surface area (Å²) >= 11 is 0. The Labute approximate surface area is 339 Å². The summed E-state index contributed by atoms with van der Waals surface area (Å²) in [6, 6.07) is 36.2. The largest absolute Gasteiger partial charge is 0.506 e. The lowest BCUT2D eigenvalue weighted by molar-refractivity contribution is -0.109. The van der Waals surface area contributed by atoms with Crippen LogP contribution in [0.4, 0.5) is 17.1 Å². The van der Waals surface area contributed by atoms with Gasteiger partial charge < -0.3 is 35.2 Å². The second-order valence-electron chi connectivity index (χ2n) is 15.4. The average Bonchev–Trinajstić information content (AvgIpc) is 3.26. The Balaban J connectivity index is 1.07. The van der Waals surface area contributed by atoms with E-state index in [2.05, 4.69) is 60.4 Å². The van der Waals surface area contributed by atoms with Crippen LogP contribution >= 0.6 is 0 Å². The van der Waals surface area contributed by atoms with E-state index in [0.29, 0.717) is 40.8 Å². The van der Waals surface area contributed by atoms with Crippen molar-refractivity contribution in [3.05, 3.63) is 144 Å². The van der Waals surface area contributed by atoms with Crippen molar-refractivity contribution in [2.45, 2.75) is 46.0 Å². The van der Waals surface area contributed by atoms with Crippen LogP contribution in [0.2, 0.25) is 0 Å². The molecule has 288 valence electrons. The molecule has 0 bridgehead atoms. The molecule has 0 fully saturated rings. The predicted octanol–water partition coefficient (Wildman–Crippen LogP) is 7.92. The van der Waals surface area contributed by atoms with Crippen LogP contribution in [-0.4, -0.2) is 38.1 Å². The third-order valence-corrected chi connectivity index (χ3v) is 11.7. The number of nitrogens with zero attached hydrogens (tertiary/aromatic N) is 1. The topological polar surface area (TPSA) is 104 Å². The Hall–Kier alpha value is -6.41. The molecular formula is C48H46B2N4O4. The summed E-state index contributed by atoms with van der Waals surface area (Å²) in [5, 5.41) is 28.1.